The molecule has 1 saturated carbocycles. The summed E-state index contributed by atoms with van der Waals surface area (Å²) in [4.78, 5) is 10.4. The summed E-state index contributed by atoms with van der Waals surface area (Å²) in [5.74, 6) is -0.337. The first kappa shape index (κ1) is 10.1. The molecule has 0 aromatic heterocycles. The first-order valence-electron chi connectivity index (χ1n) is 4.62. The summed E-state index contributed by atoms with van der Waals surface area (Å²) in [6, 6.07) is 0. The van der Waals surface area contributed by atoms with E-state index in [1.165, 1.54) is 0 Å². The van der Waals surface area contributed by atoms with Gasteiger partial charge in [0.15, 0.2) is 11.1 Å². The Kier molecular flexibility index (Phi) is 1.72. The van der Waals surface area contributed by atoms with Crippen LogP contribution in [-0.2, 0) is 20.6 Å². The summed E-state index contributed by atoms with van der Waals surface area (Å²) >= 11 is -2.12. The quantitative estimate of drug-likeness (QED) is 0.532. The van der Waals surface area contributed by atoms with Gasteiger partial charge in [-0.1, -0.05) is 13.8 Å². The van der Waals surface area contributed by atoms with E-state index in [1.807, 2.05) is 20.8 Å². The Morgan fingerprint density at radius 2 is 1.93 bits per heavy atom. The SMILES string of the molecule is CC12CCC(S(=O)O)(OC1=O)C2(C)C. The number of hydrogen-bond donors (Lipinski definition) is 1. The predicted octanol–water partition coefficient (Wildman–Crippen LogP) is 1.29. The lowest BCUT2D eigenvalue weighted by atomic mass is 9.70. The standard InChI is InChI=1S/C9H14O4S/c1-7(2)8(3)4-5-9(7,14(11)12)13-6(8)10/h4-5H2,1-3H3,(H,11,12). The zero-order valence-corrected chi connectivity index (χ0v) is 9.31. The molecule has 1 aliphatic heterocycles. The molecule has 1 aliphatic carbocycles. The number of carbonyl (C=O) groups excluding carboxylic acids is 1. The number of esters is 1. The molecule has 0 aromatic carbocycles. The largest absolute Gasteiger partial charge is 0.442 e. The maximum Gasteiger partial charge on any atom is 0.314 e. The van der Waals surface area contributed by atoms with Crippen LogP contribution in [0.3, 0.4) is 0 Å². The Bertz CT molecular complexity index is 338. The molecule has 1 N–H and O–H groups in total. The number of rotatable bonds is 1. The van der Waals surface area contributed by atoms with Crippen molar-refractivity contribution in [3.8, 4) is 0 Å². The maximum atomic E-state index is 11.6. The first-order chi connectivity index (χ1) is 6.28. The third-order valence-electron chi connectivity index (χ3n) is 4.28. The summed E-state index contributed by atoms with van der Waals surface area (Å²) in [5, 5.41) is 0. The highest BCUT2D eigenvalue weighted by molar-refractivity contribution is 7.80. The summed E-state index contributed by atoms with van der Waals surface area (Å²) in [6.07, 6.45) is 1.11. The van der Waals surface area contributed by atoms with Crippen molar-refractivity contribution < 1.29 is 18.3 Å². The Hall–Kier alpha value is -0.420. The molecular formula is C9H14O4S. The molecule has 2 aliphatic rings. The van der Waals surface area contributed by atoms with Crippen LogP contribution in [0.4, 0.5) is 0 Å². The molecule has 80 valence electrons. The molecule has 2 bridgehead atoms. The van der Waals surface area contributed by atoms with Crippen LogP contribution >= 0.6 is 0 Å². The van der Waals surface area contributed by atoms with E-state index in [4.69, 9.17) is 4.74 Å². The van der Waals surface area contributed by atoms with Crippen LogP contribution in [0.2, 0.25) is 0 Å². The second-order valence-electron chi connectivity index (χ2n) is 4.85. The lowest BCUT2D eigenvalue weighted by Gasteiger charge is -2.33. The van der Waals surface area contributed by atoms with E-state index in [9.17, 15) is 13.6 Å². The molecule has 2 fully saturated rings. The van der Waals surface area contributed by atoms with E-state index in [2.05, 4.69) is 0 Å². The van der Waals surface area contributed by atoms with Crippen molar-refractivity contribution in [2.24, 2.45) is 10.8 Å². The van der Waals surface area contributed by atoms with Crippen LogP contribution in [0.5, 0.6) is 0 Å². The van der Waals surface area contributed by atoms with Crippen molar-refractivity contribution in [1.29, 1.82) is 0 Å². The van der Waals surface area contributed by atoms with E-state index in [1.54, 1.807) is 0 Å². The van der Waals surface area contributed by atoms with E-state index in [0.29, 0.717) is 12.8 Å². The Balaban J connectivity index is 2.60. The minimum absolute atomic E-state index is 0.337. The second-order valence-corrected chi connectivity index (χ2v) is 6.01. The van der Waals surface area contributed by atoms with Crippen LogP contribution in [0, 0.1) is 10.8 Å². The van der Waals surface area contributed by atoms with Crippen molar-refractivity contribution in [3.63, 3.8) is 0 Å². The van der Waals surface area contributed by atoms with Crippen LogP contribution in [-0.4, -0.2) is 19.7 Å². The number of ether oxygens (including phenoxy) is 1. The lowest BCUT2D eigenvalue weighted by Crippen LogP contribution is -2.44. The fourth-order valence-corrected chi connectivity index (χ4v) is 3.68. The van der Waals surface area contributed by atoms with Gasteiger partial charge in [0.25, 0.3) is 0 Å². The highest BCUT2D eigenvalue weighted by atomic mass is 32.2. The molecule has 2 rings (SSSR count). The van der Waals surface area contributed by atoms with Gasteiger partial charge in [-0.25, -0.2) is 4.21 Å². The van der Waals surface area contributed by atoms with Crippen LogP contribution < -0.4 is 0 Å². The smallest absolute Gasteiger partial charge is 0.314 e. The Morgan fingerprint density at radius 1 is 1.36 bits per heavy atom. The third kappa shape index (κ3) is 0.750. The van der Waals surface area contributed by atoms with E-state index in [0.717, 1.165) is 0 Å². The molecule has 1 saturated heterocycles. The molecule has 14 heavy (non-hydrogen) atoms. The average Bonchev–Trinajstić information content (AvgIpc) is 2.34. The second kappa shape index (κ2) is 2.39. The maximum absolute atomic E-state index is 11.6. The number of fused-ring (bicyclic) bond motifs is 2. The van der Waals surface area contributed by atoms with Gasteiger partial charge in [0, 0.05) is 11.8 Å². The van der Waals surface area contributed by atoms with Crippen molar-refractivity contribution >= 4 is 17.0 Å². The summed E-state index contributed by atoms with van der Waals surface area (Å²) in [7, 11) is 0. The van der Waals surface area contributed by atoms with Crippen molar-refractivity contribution in [2.45, 2.75) is 38.5 Å². The Morgan fingerprint density at radius 3 is 2.14 bits per heavy atom. The molecule has 3 unspecified atom stereocenters. The monoisotopic (exact) mass is 218 g/mol. The van der Waals surface area contributed by atoms with Gasteiger partial charge in [0.05, 0.1) is 5.41 Å². The molecule has 5 heteroatoms. The zero-order valence-electron chi connectivity index (χ0n) is 8.49. The highest BCUT2D eigenvalue weighted by Crippen LogP contribution is 2.66. The van der Waals surface area contributed by atoms with E-state index in [-0.39, 0.29) is 5.97 Å². The van der Waals surface area contributed by atoms with E-state index >= 15 is 0 Å². The van der Waals surface area contributed by atoms with Crippen LogP contribution in [0.1, 0.15) is 33.6 Å². The minimum Gasteiger partial charge on any atom is -0.442 e. The van der Waals surface area contributed by atoms with Gasteiger partial charge < -0.3 is 9.29 Å². The van der Waals surface area contributed by atoms with Gasteiger partial charge in [0.1, 0.15) is 0 Å². The topological polar surface area (TPSA) is 63.6 Å². The van der Waals surface area contributed by atoms with Gasteiger partial charge in [-0.3, -0.25) is 4.79 Å². The van der Waals surface area contributed by atoms with Crippen molar-refractivity contribution in [1.82, 2.24) is 0 Å². The zero-order chi connectivity index (χ0) is 10.8. The predicted molar refractivity (Wildman–Crippen MR) is 50.7 cm³/mol. The first-order valence-corrected chi connectivity index (χ1v) is 5.73. The van der Waals surface area contributed by atoms with Gasteiger partial charge in [0.2, 0.25) is 4.93 Å². The molecule has 1 heterocycles. The summed E-state index contributed by atoms with van der Waals surface area (Å²) in [5.41, 5.74) is -1.18. The molecule has 4 nitrogen and oxygen atoms in total. The number of hydrogen-bond acceptors (Lipinski definition) is 3. The lowest BCUT2D eigenvalue weighted by molar-refractivity contribution is -0.154. The summed E-state index contributed by atoms with van der Waals surface area (Å²) in [6.45, 7) is 5.48. The highest BCUT2D eigenvalue weighted by Gasteiger charge is 2.75. The van der Waals surface area contributed by atoms with Crippen LogP contribution in [0.25, 0.3) is 0 Å². The fourth-order valence-electron chi connectivity index (χ4n) is 2.60. The van der Waals surface area contributed by atoms with E-state index < -0.39 is 26.8 Å². The average molecular weight is 218 g/mol. The van der Waals surface area contributed by atoms with Gasteiger partial charge >= 0.3 is 5.97 Å². The van der Waals surface area contributed by atoms with Crippen molar-refractivity contribution in [3.05, 3.63) is 0 Å². The fraction of sp³-hybridized carbons (Fsp3) is 0.889. The molecule has 3 atom stereocenters. The Labute approximate surface area is 85.3 Å². The normalized spacial score (nSPS) is 46.4. The molecular weight excluding hydrogens is 204 g/mol. The minimum atomic E-state index is -2.12. The summed E-state index contributed by atoms with van der Waals surface area (Å²) < 4.78 is 25.7. The molecule has 0 radical (unpaired) electrons. The molecule has 0 aromatic rings. The van der Waals surface area contributed by atoms with Gasteiger partial charge in [-0.05, 0) is 13.3 Å². The van der Waals surface area contributed by atoms with Crippen molar-refractivity contribution in [2.75, 3.05) is 0 Å². The van der Waals surface area contributed by atoms with Gasteiger partial charge in [-0.15, -0.1) is 0 Å². The molecule has 0 spiro atoms. The molecule has 0 amide bonds. The third-order valence-corrected chi connectivity index (χ3v) is 5.64. The van der Waals surface area contributed by atoms with Crippen LogP contribution in [0.15, 0.2) is 0 Å². The van der Waals surface area contributed by atoms with Gasteiger partial charge in [-0.2, -0.15) is 0 Å². The number of carbonyl (C=O) groups is 1.